The number of aliphatic hydroxyl groups excluding tert-OH is 7. The van der Waals surface area contributed by atoms with Gasteiger partial charge < -0.3 is 59.9 Å². The molecule has 1 aliphatic carbocycles. The van der Waals surface area contributed by atoms with Gasteiger partial charge >= 0.3 is 27.6 Å². The van der Waals surface area contributed by atoms with Gasteiger partial charge in [-0.2, -0.15) is 0 Å². The third-order valence-electron chi connectivity index (χ3n) is 11.9. The van der Waals surface area contributed by atoms with Crippen LogP contribution in [0, 0.1) is 11.8 Å². The van der Waals surface area contributed by atoms with E-state index in [4.69, 9.17) is 23.0 Å². The van der Waals surface area contributed by atoms with Crippen molar-refractivity contribution in [2.45, 2.75) is 210 Å². The summed E-state index contributed by atoms with van der Waals surface area (Å²) >= 11 is 0. The molecule has 1 aliphatic heterocycles. The molecule has 2 bridgehead atoms. The molecule has 1 saturated carbocycles. The van der Waals surface area contributed by atoms with E-state index >= 15 is 0 Å². The third-order valence-corrected chi connectivity index (χ3v) is 13.4. The minimum absolute atomic E-state index is 0.0393. The zero-order valence-electron chi connectivity index (χ0n) is 39.9. The fourth-order valence-corrected chi connectivity index (χ4v) is 9.52. The molecule has 2 rings (SSSR count). The molecule has 19 nitrogen and oxygen atoms in total. The van der Waals surface area contributed by atoms with Crippen molar-refractivity contribution in [1.82, 2.24) is 0 Å². The maximum absolute atomic E-state index is 13.7. The minimum atomic E-state index is -5.77. The molecule has 0 saturated heterocycles. The molecule has 0 amide bonds. The van der Waals surface area contributed by atoms with Crippen molar-refractivity contribution in [1.29, 1.82) is 0 Å². The van der Waals surface area contributed by atoms with E-state index in [0.29, 0.717) is 12.8 Å². The van der Waals surface area contributed by atoms with Crippen molar-refractivity contribution in [2.24, 2.45) is 11.8 Å². The first-order chi connectivity index (χ1) is 32.3. The van der Waals surface area contributed by atoms with Crippen molar-refractivity contribution in [3.63, 3.8) is 0 Å². The van der Waals surface area contributed by atoms with E-state index in [-0.39, 0.29) is 38.5 Å². The van der Waals surface area contributed by atoms with E-state index in [2.05, 4.69) is 31.2 Å². The van der Waals surface area contributed by atoms with Crippen LogP contribution in [-0.2, 0) is 41.8 Å². The van der Waals surface area contributed by atoms with Gasteiger partial charge in [-0.05, 0) is 64.2 Å². The summed E-state index contributed by atoms with van der Waals surface area (Å²) < 4.78 is 52.1. The second kappa shape index (κ2) is 34.2. The summed E-state index contributed by atoms with van der Waals surface area (Å²) in [6.45, 7) is 2.53. The van der Waals surface area contributed by atoms with Crippen molar-refractivity contribution in [3.8, 4) is 0 Å². The third kappa shape index (κ3) is 25.8. The van der Waals surface area contributed by atoms with E-state index in [1.54, 1.807) is 6.08 Å². The van der Waals surface area contributed by atoms with Crippen LogP contribution in [0.15, 0.2) is 48.6 Å². The van der Waals surface area contributed by atoms with E-state index < -0.39 is 120 Å². The van der Waals surface area contributed by atoms with Gasteiger partial charge in [0.05, 0.1) is 37.1 Å². The first-order valence-corrected chi connectivity index (χ1v) is 27.5. The Bertz CT molecular complexity index is 1620. The Kier molecular flexibility index (Phi) is 31.2. The molecule has 0 aromatic carbocycles. The predicted molar refractivity (Wildman–Crippen MR) is 252 cm³/mol. The molecule has 1 heterocycles. The SMILES string of the molecule is CCCCC/C=C\C/C=C\CCCCCCCC(=O)OC[C@@H]1COP(=O)(O)O[C@H]2[C@H](O)[C@@H](O)[C@H](O)[C@@H](CC=CCCCC(=O)O1)[C@@H](O)C[C@@H](O)[C@H](C=C[C@@H](O)CCCCC)[C@@H](O)[C@H]2OP(=O)(O)O. The number of phosphoric acid groups is 2. The molecule has 0 aromatic rings. The second-order valence-electron chi connectivity index (χ2n) is 17.8. The maximum Gasteiger partial charge on any atom is 0.472 e. The van der Waals surface area contributed by atoms with Gasteiger partial charge in [-0.1, -0.05) is 114 Å². The Morgan fingerprint density at radius 3 is 2.18 bits per heavy atom. The molecule has 0 radical (unpaired) electrons. The lowest BCUT2D eigenvalue weighted by molar-refractivity contribution is -0.165. The van der Waals surface area contributed by atoms with E-state index in [9.17, 15) is 69.1 Å². The van der Waals surface area contributed by atoms with Gasteiger partial charge in [0.15, 0.2) is 6.10 Å². The summed E-state index contributed by atoms with van der Waals surface area (Å²) in [7, 11) is -11.4. The lowest BCUT2D eigenvalue weighted by Crippen LogP contribution is -2.56. The number of ether oxygens (including phenoxy) is 2. The molecular formula is C47H82O19P2. The molecule has 21 heteroatoms. The average molecular weight is 1010 g/mol. The number of phosphoric ester groups is 2. The number of fused-ring (bicyclic) bond motifs is 4. The fraction of sp³-hybridized carbons (Fsp3) is 0.787. The monoisotopic (exact) mass is 1010 g/mol. The van der Waals surface area contributed by atoms with Crippen LogP contribution in [-0.4, -0.2) is 137 Å². The maximum atomic E-state index is 13.7. The molecule has 13 atom stereocenters. The summed E-state index contributed by atoms with van der Waals surface area (Å²) in [5.41, 5.74) is 0. The standard InChI is InChI=1S/C47H82O19P2/c1-3-5-7-8-9-10-11-12-13-14-15-16-17-18-23-27-40(51)62-32-35-33-63-68(60,61)66-47-45(56)44(55)42(53)36(26-22-19-20-24-28-41(52)64-35)38(49)31-39(50)37(30-29-34(48)25-21-6-4-2)43(54)46(47)65-67(57,58)59/h9-10,12-13,19,22,29-30,34-39,42-50,53-56H,3-8,11,14-18,20-21,23-28,31-33H2,1-2H3,(H,60,61)(H2,57,58,59)/b10-9-,13-12-,22-19?,30-29?/t34-,35+,36-,37-,38-,39+,42+,43+,44-,45+,46+,47-/m0/s1. The quantitative estimate of drug-likeness (QED) is 0.0241. The fourth-order valence-electron chi connectivity index (χ4n) is 7.99. The van der Waals surface area contributed by atoms with Crippen LogP contribution < -0.4 is 0 Å². The van der Waals surface area contributed by atoms with Crippen LogP contribution in [0.5, 0.6) is 0 Å². The number of hydrogen-bond donors (Lipinski definition) is 10. The lowest BCUT2D eigenvalue weighted by atomic mass is 9.83. The Balaban J connectivity index is 2.31. The first-order valence-electron chi connectivity index (χ1n) is 24.4. The smallest absolute Gasteiger partial charge is 0.462 e. The van der Waals surface area contributed by atoms with Crippen molar-refractivity contribution in [2.75, 3.05) is 13.2 Å². The summed E-state index contributed by atoms with van der Waals surface area (Å²) in [5.74, 6) is -4.52. The highest BCUT2D eigenvalue weighted by Crippen LogP contribution is 2.50. The summed E-state index contributed by atoms with van der Waals surface area (Å²) in [6, 6.07) is 0. The van der Waals surface area contributed by atoms with Gasteiger partial charge in [-0.25, -0.2) is 9.13 Å². The molecule has 1 unspecified atom stereocenters. The Morgan fingerprint density at radius 2 is 1.50 bits per heavy atom. The van der Waals surface area contributed by atoms with Crippen LogP contribution in [0.1, 0.15) is 149 Å². The summed E-state index contributed by atoms with van der Waals surface area (Å²) in [4.78, 5) is 56.7. The zero-order valence-corrected chi connectivity index (χ0v) is 41.6. The predicted octanol–water partition coefficient (Wildman–Crippen LogP) is 5.66. The number of esters is 2. The van der Waals surface area contributed by atoms with E-state index in [1.165, 1.54) is 31.4 Å². The Morgan fingerprint density at radius 1 is 0.853 bits per heavy atom. The van der Waals surface area contributed by atoms with Gasteiger partial charge in [0.1, 0.15) is 31.0 Å². The van der Waals surface area contributed by atoms with E-state index in [0.717, 1.165) is 63.9 Å². The van der Waals surface area contributed by atoms with Crippen LogP contribution in [0.2, 0.25) is 0 Å². The van der Waals surface area contributed by atoms with Crippen molar-refractivity contribution < 1.29 is 92.2 Å². The normalized spacial score (nSPS) is 31.5. The number of unbranched alkanes of at least 4 members (excludes halogenated alkanes) is 10. The molecule has 394 valence electrons. The number of hydrogen-bond acceptors (Lipinski definition) is 16. The summed E-state index contributed by atoms with van der Waals surface area (Å²) in [6.07, 6.45) is 5.98. The molecule has 0 aromatic heterocycles. The number of allylic oxidation sites excluding steroid dienone is 6. The van der Waals surface area contributed by atoms with Crippen LogP contribution >= 0.6 is 15.6 Å². The topological polar surface area (TPSA) is 317 Å². The Hall–Kier alpha value is -2.16. The highest BCUT2D eigenvalue weighted by Gasteiger charge is 2.51. The van der Waals surface area contributed by atoms with Gasteiger partial charge in [0.2, 0.25) is 0 Å². The average Bonchev–Trinajstić information content (AvgIpc) is 3.28. The van der Waals surface area contributed by atoms with Crippen LogP contribution in [0.3, 0.4) is 0 Å². The summed E-state index contributed by atoms with van der Waals surface area (Å²) in [5, 5.41) is 79.6. The minimum Gasteiger partial charge on any atom is -0.462 e. The van der Waals surface area contributed by atoms with Gasteiger partial charge in [0, 0.05) is 31.1 Å². The van der Waals surface area contributed by atoms with Gasteiger partial charge in [0.25, 0.3) is 0 Å². The number of cyclic esters (lactones) is 1. The largest absolute Gasteiger partial charge is 0.472 e. The van der Waals surface area contributed by atoms with E-state index in [1.807, 2.05) is 6.92 Å². The first kappa shape index (κ1) is 62.0. The molecule has 10 N–H and O–H groups in total. The molecule has 1 fully saturated rings. The Labute approximate surface area is 402 Å². The zero-order chi connectivity index (χ0) is 50.5. The molecule has 0 spiro atoms. The number of rotatable bonds is 24. The number of carbonyl (C=O) groups excluding carboxylic acids is 2. The lowest BCUT2D eigenvalue weighted by Gasteiger charge is -2.38. The highest BCUT2D eigenvalue weighted by atomic mass is 31.2. The number of carbonyl (C=O) groups is 2. The van der Waals surface area contributed by atoms with Crippen molar-refractivity contribution in [3.05, 3.63) is 48.6 Å². The van der Waals surface area contributed by atoms with Gasteiger partial charge in [-0.3, -0.25) is 23.2 Å². The van der Waals surface area contributed by atoms with Crippen LogP contribution in [0.4, 0.5) is 0 Å². The number of aliphatic hydroxyl groups is 7. The van der Waals surface area contributed by atoms with Crippen LogP contribution in [0.25, 0.3) is 0 Å². The second-order valence-corrected chi connectivity index (χ2v) is 20.4. The molecular weight excluding hydrogens is 930 g/mol. The molecule has 68 heavy (non-hydrogen) atoms. The molecule has 2 aliphatic rings. The highest BCUT2D eigenvalue weighted by molar-refractivity contribution is 7.47. The van der Waals surface area contributed by atoms with Crippen molar-refractivity contribution >= 4 is 27.6 Å². The van der Waals surface area contributed by atoms with Gasteiger partial charge in [-0.15, -0.1) is 0 Å².